The normalized spacial score (nSPS) is 12.4. The zero-order valence-corrected chi connectivity index (χ0v) is 11.6. The van der Waals surface area contributed by atoms with E-state index in [1.54, 1.807) is 30.3 Å². The minimum absolute atomic E-state index is 0.0110. The maximum absolute atomic E-state index is 13.0. The summed E-state index contributed by atoms with van der Waals surface area (Å²) in [5, 5.41) is 1.15. The third-order valence-corrected chi connectivity index (χ3v) is 2.72. The maximum atomic E-state index is 13.0. The van der Waals surface area contributed by atoms with Crippen LogP contribution in [0.25, 0.3) is 10.8 Å². The standard InChI is InChI=1S/C13H10BF5O4/c1-20-23-14(22-13(18,19)12(15,16)17)21-11-8-4-6-9-5-2-3-7-10(9)11/h2-8H,1H3. The third-order valence-electron chi connectivity index (χ3n) is 2.72. The van der Waals surface area contributed by atoms with Gasteiger partial charge in [-0.15, -0.1) is 0 Å². The molecule has 0 aliphatic rings. The molecule has 0 atom stereocenters. The Balaban J connectivity index is 2.25. The van der Waals surface area contributed by atoms with Crippen molar-refractivity contribution in [3.63, 3.8) is 0 Å². The lowest BCUT2D eigenvalue weighted by Gasteiger charge is -2.22. The Labute approximate surface area is 127 Å². The molecular weight excluding hydrogens is 326 g/mol. The average Bonchev–Trinajstić information content (AvgIpc) is 2.46. The Morgan fingerprint density at radius 3 is 2.22 bits per heavy atom. The molecule has 0 unspecified atom stereocenters. The Hall–Kier alpha value is -1.91. The van der Waals surface area contributed by atoms with E-state index in [1.807, 2.05) is 0 Å². The monoisotopic (exact) mass is 336 g/mol. The highest BCUT2D eigenvalue weighted by Crippen LogP contribution is 2.37. The smallest absolute Gasteiger partial charge is 0.510 e. The summed E-state index contributed by atoms with van der Waals surface area (Å²) in [6.45, 7) is 0. The number of hydrogen-bond acceptors (Lipinski definition) is 4. The van der Waals surface area contributed by atoms with Gasteiger partial charge in [0, 0.05) is 5.39 Å². The highest BCUT2D eigenvalue weighted by Gasteiger charge is 2.62. The van der Waals surface area contributed by atoms with Crippen molar-refractivity contribution in [1.82, 2.24) is 0 Å². The highest BCUT2D eigenvalue weighted by molar-refractivity contribution is 6.37. The van der Waals surface area contributed by atoms with Gasteiger partial charge in [-0.25, -0.2) is 9.69 Å². The van der Waals surface area contributed by atoms with Gasteiger partial charge in [0.25, 0.3) is 0 Å². The quantitative estimate of drug-likeness (QED) is 0.346. The fourth-order valence-corrected chi connectivity index (χ4v) is 1.73. The molecule has 0 amide bonds. The number of rotatable bonds is 6. The van der Waals surface area contributed by atoms with Crippen LogP contribution >= 0.6 is 0 Å². The molecule has 4 nitrogen and oxygen atoms in total. The van der Waals surface area contributed by atoms with E-state index >= 15 is 0 Å². The van der Waals surface area contributed by atoms with Crippen molar-refractivity contribution < 1.29 is 41.0 Å². The predicted molar refractivity (Wildman–Crippen MR) is 70.5 cm³/mol. The fraction of sp³-hybridized carbons (Fsp3) is 0.231. The topological polar surface area (TPSA) is 36.9 Å². The minimum atomic E-state index is -5.93. The summed E-state index contributed by atoms with van der Waals surface area (Å²) in [6, 6.07) is 11.3. The van der Waals surface area contributed by atoms with Crippen molar-refractivity contribution in [2.75, 3.05) is 7.11 Å². The Morgan fingerprint density at radius 2 is 1.57 bits per heavy atom. The fourth-order valence-electron chi connectivity index (χ4n) is 1.73. The molecule has 2 aromatic carbocycles. The molecule has 0 fully saturated rings. The molecule has 0 saturated heterocycles. The van der Waals surface area contributed by atoms with E-state index in [0.29, 0.717) is 10.8 Å². The van der Waals surface area contributed by atoms with E-state index in [-0.39, 0.29) is 5.75 Å². The van der Waals surface area contributed by atoms with Crippen molar-refractivity contribution in [2.24, 2.45) is 0 Å². The highest BCUT2D eigenvalue weighted by atomic mass is 19.4. The van der Waals surface area contributed by atoms with Crippen molar-refractivity contribution >= 4 is 18.1 Å². The van der Waals surface area contributed by atoms with Gasteiger partial charge in [-0.1, -0.05) is 36.4 Å². The molecule has 0 bridgehead atoms. The lowest BCUT2D eigenvalue weighted by atomic mass is 10.1. The lowest BCUT2D eigenvalue weighted by Crippen LogP contribution is -2.46. The first-order valence-corrected chi connectivity index (χ1v) is 6.21. The van der Waals surface area contributed by atoms with Gasteiger partial charge in [0.1, 0.15) is 5.75 Å². The van der Waals surface area contributed by atoms with Crippen LogP contribution in [0.3, 0.4) is 0 Å². The SMILES string of the molecule is COOB(Oc1cccc2ccccc12)OC(F)(F)C(F)(F)F. The molecule has 124 valence electrons. The van der Waals surface area contributed by atoms with Gasteiger partial charge in [-0.05, 0) is 11.5 Å². The van der Waals surface area contributed by atoms with Gasteiger partial charge in [-0.2, -0.15) is 22.0 Å². The maximum Gasteiger partial charge on any atom is 0.746 e. The molecule has 23 heavy (non-hydrogen) atoms. The number of alkyl halides is 5. The van der Waals surface area contributed by atoms with E-state index < -0.39 is 19.6 Å². The van der Waals surface area contributed by atoms with Gasteiger partial charge in [0.05, 0.1) is 7.11 Å². The molecule has 2 rings (SSSR count). The molecule has 2 aromatic rings. The molecule has 0 heterocycles. The Kier molecular flexibility index (Phi) is 5.08. The number of fused-ring (bicyclic) bond motifs is 1. The van der Waals surface area contributed by atoms with E-state index in [4.69, 9.17) is 4.65 Å². The minimum Gasteiger partial charge on any atom is -0.510 e. The van der Waals surface area contributed by atoms with Crippen LogP contribution in [-0.2, 0) is 14.3 Å². The summed E-state index contributed by atoms with van der Waals surface area (Å²) in [6.07, 6.45) is -11.4. The van der Waals surface area contributed by atoms with Crippen LogP contribution in [0, 0.1) is 0 Å². The molecule has 0 aliphatic heterocycles. The van der Waals surface area contributed by atoms with E-state index in [1.165, 1.54) is 12.1 Å². The summed E-state index contributed by atoms with van der Waals surface area (Å²) in [4.78, 5) is 8.30. The lowest BCUT2D eigenvalue weighted by molar-refractivity contribution is -0.376. The molecule has 0 spiro atoms. The summed E-state index contributed by atoms with van der Waals surface area (Å²) in [7, 11) is -1.52. The van der Waals surface area contributed by atoms with Crippen LogP contribution in [0.1, 0.15) is 0 Å². The summed E-state index contributed by atoms with van der Waals surface area (Å²) >= 11 is 0. The van der Waals surface area contributed by atoms with E-state index in [2.05, 4.69) is 14.3 Å². The van der Waals surface area contributed by atoms with Crippen molar-refractivity contribution in [1.29, 1.82) is 0 Å². The summed E-state index contributed by atoms with van der Waals surface area (Å²) in [5.41, 5.74) is 0. The molecule has 0 radical (unpaired) electrons. The molecule has 10 heteroatoms. The van der Waals surface area contributed by atoms with Crippen LogP contribution in [0.15, 0.2) is 42.5 Å². The zero-order chi connectivity index (χ0) is 17.1. The molecule has 0 aromatic heterocycles. The number of benzene rings is 2. The first kappa shape index (κ1) is 17.4. The van der Waals surface area contributed by atoms with Gasteiger partial charge < -0.3 is 9.31 Å². The molecule has 0 aliphatic carbocycles. The number of halogens is 5. The molecule has 0 saturated carbocycles. The first-order valence-electron chi connectivity index (χ1n) is 6.21. The second-order valence-corrected chi connectivity index (χ2v) is 4.28. The van der Waals surface area contributed by atoms with Crippen LogP contribution in [0.2, 0.25) is 0 Å². The van der Waals surface area contributed by atoms with Crippen LogP contribution in [0.5, 0.6) is 5.75 Å². The van der Waals surface area contributed by atoms with E-state index in [9.17, 15) is 22.0 Å². The Bertz CT molecular complexity index is 659. The van der Waals surface area contributed by atoms with Gasteiger partial charge in [0.15, 0.2) is 0 Å². The zero-order valence-electron chi connectivity index (χ0n) is 11.6. The molecule has 0 N–H and O–H groups in total. The second-order valence-electron chi connectivity index (χ2n) is 4.28. The van der Waals surface area contributed by atoms with Crippen LogP contribution in [-0.4, -0.2) is 26.7 Å². The second kappa shape index (κ2) is 6.69. The predicted octanol–water partition coefficient (Wildman–Crippen LogP) is 3.95. The van der Waals surface area contributed by atoms with E-state index in [0.717, 1.165) is 7.11 Å². The summed E-state index contributed by atoms with van der Waals surface area (Å²) < 4.78 is 71.0. The largest absolute Gasteiger partial charge is 0.746 e. The van der Waals surface area contributed by atoms with Gasteiger partial charge >= 0.3 is 19.6 Å². The Morgan fingerprint density at radius 1 is 0.913 bits per heavy atom. The van der Waals surface area contributed by atoms with Crippen molar-refractivity contribution in [3.05, 3.63) is 42.5 Å². The van der Waals surface area contributed by atoms with Crippen molar-refractivity contribution in [2.45, 2.75) is 12.3 Å². The first-order chi connectivity index (χ1) is 10.7. The third kappa shape index (κ3) is 4.09. The molecular formula is C13H10BF5O4. The summed E-state index contributed by atoms with van der Waals surface area (Å²) in [5.74, 6) is -0.0110. The van der Waals surface area contributed by atoms with Crippen LogP contribution < -0.4 is 4.65 Å². The average molecular weight is 336 g/mol. The van der Waals surface area contributed by atoms with Crippen molar-refractivity contribution in [3.8, 4) is 5.75 Å². The number of hydrogen-bond donors (Lipinski definition) is 0. The van der Waals surface area contributed by atoms with Crippen LogP contribution in [0.4, 0.5) is 22.0 Å². The van der Waals surface area contributed by atoms with Gasteiger partial charge in [0.2, 0.25) is 0 Å². The van der Waals surface area contributed by atoms with Gasteiger partial charge in [-0.3, -0.25) is 0 Å².